The number of carboxylic acids is 1. The SMILES string of the molecule is CC[C@H](NC(=O)OCC1c2ccccc2-c2ccccc21)C(=O)N1CC2CCCC2C1C(=O)O. The van der Waals surface area contributed by atoms with Gasteiger partial charge in [-0.1, -0.05) is 61.9 Å². The molecular weight excluding hydrogens is 432 g/mol. The number of benzene rings is 2. The van der Waals surface area contributed by atoms with Gasteiger partial charge in [-0.15, -0.1) is 0 Å². The van der Waals surface area contributed by atoms with Crippen molar-refractivity contribution in [2.75, 3.05) is 13.2 Å². The van der Waals surface area contributed by atoms with Gasteiger partial charge in [-0.05, 0) is 53.4 Å². The largest absolute Gasteiger partial charge is 0.480 e. The second-order valence-corrected chi connectivity index (χ2v) is 9.56. The zero-order chi connectivity index (χ0) is 23.8. The molecule has 5 rings (SSSR count). The van der Waals surface area contributed by atoms with Crippen LogP contribution in [0.2, 0.25) is 0 Å². The molecule has 2 N–H and O–H groups in total. The second-order valence-electron chi connectivity index (χ2n) is 9.56. The highest BCUT2D eigenvalue weighted by Crippen LogP contribution is 2.45. The molecule has 2 amide bonds. The molecule has 7 heteroatoms. The van der Waals surface area contributed by atoms with Gasteiger partial charge >= 0.3 is 12.1 Å². The van der Waals surface area contributed by atoms with Crippen molar-refractivity contribution < 1.29 is 24.2 Å². The first kappa shape index (κ1) is 22.4. The maximum atomic E-state index is 13.2. The van der Waals surface area contributed by atoms with E-state index in [9.17, 15) is 19.5 Å². The summed E-state index contributed by atoms with van der Waals surface area (Å²) in [4.78, 5) is 39.3. The molecule has 2 aromatic carbocycles. The first-order valence-corrected chi connectivity index (χ1v) is 12.1. The molecular formula is C27H30N2O5. The Bertz CT molecular complexity index is 1070. The van der Waals surface area contributed by atoms with Crippen molar-refractivity contribution in [1.82, 2.24) is 10.2 Å². The molecule has 178 valence electrons. The number of likely N-dealkylation sites (tertiary alicyclic amines) is 1. The lowest BCUT2D eigenvalue weighted by Crippen LogP contribution is -2.52. The van der Waals surface area contributed by atoms with E-state index in [0.717, 1.165) is 41.5 Å². The Morgan fingerprint density at radius 1 is 1.06 bits per heavy atom. The predicted octanol–water partition coefficient (Wildman–Crippen LogP) is 4.02. The summed E-state index contributed by atoms with van der Waals surface area (Å²) in [6, 6.07) is 14.6. The normalized spacial score (nSPS) is 23.7. The van der Waals surface area contributed by atoms with Crippen LogP contribution in [0.15, 0.2) is 48.5 Å². The molecule has 0 aromatic heterocycles. The third-order valence-corrected chi connectivity index (χ3v) is 7.77. The average Bonchev–Trinajstić information content (AvgIpc) is 3.52. The van der Waals surface area contributed by atoms with Crippen molar-refractivity contribution >= 4 is 18.0 Å². The fourth-order valence-electron chi connectivity index (χ4n) is 6.17. The van der Waals surface area contributed by atoms with Crippen LogP contribution in [-0.2, 0) is 14.3 Å². The first-order chi connectivity index (χ1) is 16.5. The fourth-order valence-corrected chi connectivity index (χ4v) is 6.17. The van der Waals surface area contributed by atoms with Crippen molar-refractivity contribution in [2.45, 2.75) is 50.6 Å². The molecule has 3 unspecified atom stereocenters. The zero-order valence-electron chi connectivity index (χ0n) is 19.3. The van der Waals surface area contributed by atoms with Gasteiger partial charge in [0.2, 0.25) is 5.91 Å². The van der Waals surface area contributed by atoms with Crippen molar-refractivity contribution in [3.8, 4) is 11.1 Å². The third-order valence-electron chi connectivity index (χ3n) is 7.77. The summed E-state index contributed by atoms with van der Waals surface area (Å²) in [6.45, 7) is 2.42. The van der Waals surface area contributed by atoms with Gasteiger partial charge < -0.3 is 20.1 Å². The number of carbonyl (C=O) groups excluding carboxylic acids is 2. The Labute approximate surface area is 199 Å². The highest BCUT2D eigenvalue weighted by atomic mass is 16.5. The third kappa shape index (κ3) is 3.83. The van der Waals surface area contributed by atoms with Gasteiger partial charge in [0.25, 0.3) is 0 Å². The van der Waals surface area contributed by atoms with E-state index in [1.54, 1.807) is 6.92 Å². The van der Waals surface area contributed by atoms with Crippen LogP contribution in [0.25, 0.3) is 11.1 Å². The van der Waals surface area contributed by atoms with Crippen molar-refractivity contribution in [3.05, 3.63) is 59.7 Å². The summed E-state index contributed by atoms with van der Waals surface area (Å²) in [7, 11) is 0. The molecule has 2 aliphatic carbocycles. The number of ether oxygens (including phenoxy) is 1. The Morgan fingerprint density at radius 3 is 2.32 bits per heavy atom. The van der Waals surface area contributed by atoms with Crippen LogP contribution in [0.4, 0.5) is 4.79 Å². The highest BCUT2D eigenvalue weighted by molar-refractivity contribution is 5.90. The lowest BCUT2D eigenvalue weighted by molar-refractivity contribution is -0.150. The van der Waals surface area contributed by atoms with Gasteiger partial charge in [0.1, 0.15) is 18.7 Å². The van der Waals surface area contributed by atoms with E-state index in [1.807, 2.05) is 24.3 Å². The van der Waals surface area contributed by atoms with Gasteiger partial charge in [0.15, 0.2) is 0 Å². The zero-order valence-corrected chi connectivity index (χ0v) is 19.3. The van der Waals surface area contributed by atoms with E-state index in [1.165, 1.54) is 4.90 Å². The van der Waals surface area contributed by atoms with Crippen LogP contribution in [-0.4, -0.2) is 53.2 Å². The van der Waals surface area contributed by atoms with Crippen LogP contribution >= 0.6 is 0 Å². The topological polar surface area (TPSA) is 95.9 Å². The van der Waals surface area contributed by atoms with E-state index in [4.69, 9.17) is 4.74 Å². The second kappa shape index (κ2) is 9.12. The highest BCUT2D eigenvalue weighted by Gasteiger charge is 2.50. The molecule has 1 aliphatic heterocycles. The Balaban J connectivity index is 1.25. The van der Waals surface area contributed by atoms with Crippen LogP contribution in [0.5, 0.6) is 0 Å². The molecule has 7 nitrogen and oxygen atoms in total. The summed E-state index contributed by atoms with van der Waals surface area (Å²) < 4.78 is 5.60. The lowest BCUT2D eigenvalue weighted by Gasteiger charge is -2.28. The number of hydrogen-bond donors (Lipinski definition) is 2. The van der Waals surface area contributed by atoms with Gasteiger partial charge in [-0.3, -0.25) is 4.79 Å². The molecule has 1 heterocycles. The van der Waals surface area contributed by atoms with Gasteiger partial charge in [0.05, 0.1) is 0 Å². The van der Waals surface area contributed by atoms with Gasteiger partial charge in [-0.2, -0.15) is 0 Å². The molecule has 0 spiro atoms. The molecule has 1 saturated heterocycles. The Morgan fingerprint density at radius 2 is 1.71 bits per heavy atom. The number of alkyl carbamates (subject to hydrolysis) is 1. The minimum Gasteiger partial charge on any atom is -0.480 e. The number of fused-ring (bicyclic) bond motifs is 4. The Kier molecular flexibility index (Phi) is 6.02. The number of carboxylic acid groups (broad SMARTS) is 1. The summed E-state index contributed by atoms with van der Waals surface area (Å²) in [5.41, 5.74) is 4.53. The average molecular weight is 463 g/mol. The summed E-state index contributed by atoms with van der Waals surface area (Å²) >= 11 is 0. The molecule has 2 fully saturated rings. The molecule has 34 heavy (non-hydrogen) atoms. The van der Waals surface area contributed by atoms with Gasteiger partial charge in [-0.25, -0.2) is 9.59 Å². The standard InChI is InChI=1S/C27H30N2O5/c1-2-23(25(30)29-14-16-8-7-13-17(16)24(29)26(31)32)28-27(33)34-15-22-20-11-5-3-9-18(20)19-10-4-6-12-21(19)22/h3-6,9-12,16-17,22-24H,2,7-8,13-15H2,1H3,(H,28,33)(H,31,32)/t16?,17?,23-,24?/m0/s1. The molecule has 0 bridgehead atoms. The molecule has 0 radical (unpaired) electrons. The van der Waals surface area contributed by atoms with Crippen LogP contribution in [0.1, 0.15) is 49.7 Å². The predicted molar refractivity (Wildman–Crippen MR) is 126 cm³/mol. The van der Waals surface area contributed by atoms with Crippen LogP contribution in [0, 0.1) is 11.8 Å². The molecule has 4 atom stereocenters. The number of nitrogens with one attached hydrogen (secondary N) is 1. The smallest absolute Gasteiger partial charge is 0.407 e. The molecule has 3 aliphatic rings. The van der Waals surface area contributed by atoms with E-state index < -0.39 is 24.1 Å². The minimum absolute atomic E-state index is 0.00779. The van der Waals surface area contributed by atoms with E-state index in [2.05, 4.69) is 29.6 Å². The van der Waals surface area contributed by atoms with Crippen LogP contribution in [0.3, 0.4) is 0 Å². The minimum atomic E-state index is -0.959. The monoisotopic (exact) mass is 462 g/mol. The summed E-state index contributed by atoms with van der Waals surface area (Å²) in [5.74, 6) is -1.12. The fraction of sp³-hybridized carbons (Fsp3) is 0.444. The maximum absolute atomic E-state index is 13.2. The quantitative estimate of drug-likeness (QED) is 0.676. The van der Waals surface area contributed by atoms with Crippen molar-refractivity contribution in [2.24, 2.45) is 11.8 Å². The first-order valence-electron chi connectivity index (χ1n) is 12.1. The van der Waals surface area contributed by atoms with E-state index in [-0.39, 0.29) is 30.3 Å². The lowest BCUT2D eigenvalue weighted by atomic mass is 9.94. The number of rotatable bonds is 6. The maximum Gasteiger partial charge on any atom is 0.407 e. The van der Waals surface area contributed by atoms with Crippen molar-refractivity contribution in [1.29, 1.82) is 0 Å². The van der Waals surface area contributed by atoms with E-state index >= 15 is 0 Å². The number of nitrogens with zero attached hydrogens (tertiary/aromatic N) is 1. The van der Waals surface area contributed by atoms with Gasteiger partial charge in [0, 0.05) is 12.5 Å². The van der Waals surface area contributed by atoms with Crippen molar-refractivity contribution in [3.63, 3.8) is 0 Å². The summed E-state index contributed by atoms with van der Waals surface area (Å²) in [5, 5.41) is 12.5. The number of carbonyl (C=O) groups is 3. The Hall–Kier alpha value is -3.35. The number of aliphatic carboxylic acids is 1. The summed E-state index contributed by atoms with van der Waals surface area (Å²) in [6.07, 6.45) is 2.50. The number of hydrogen-bond acceptors (Lipinski definition) is 4. The molecule has 1 saturated carbocycles. The number of amides is 2. The van der Waals surface area contributed by atoms with Crippen LogP contribution < -0.4 is 5.32 Å². The van der Waals surface area contributed by atoms with E-state index in [0.29, 0.717) is 13.0 Å². The molecule has 2 aromatic rings.